The van der Waals surface area contributed by atoms with Gasteiger partial charge in [0.15, 0.2) is 0 Å². The Morgan fingerprint density at radius 1 is 1.04 bits per heavy atom. The Morgan fingerprint density at radius 2 is 1.79 bits per heavy atom. The summed E-state index contributed by atoms with van der Waals surface area (Å²) in [5.74, 6) is 0.150. The zero-order valence-electron chi connectivity index (χ0n) is 12.9. The summed E-state index contributed by atoms with van der Waals surface area (Å²) < 4.78 is 0. The molecule has 0 fully saturated rings. The van der Waals surface area contributed by atoms with Crippen LogP contribution in [0.15, 0.2) is 54.6 Å². The number of aromatic nitrogens is 1. The summed E-state index contributed by atoms with van der Waals surface area (Å²) in [5.41, 5.74) is 3.18. The minimum Gasteiger partial charge on any atom is -0.508 e. The third-order valence-corrected chi connectivity index (χ3v) is 3.60. The van der Waals surface area contributed by atoms with E-state index in [1.165, 1.54) is 0 Å². The average Bonchev–Trinajstić information content (AvgIpc) is 2.59. The Morgan fingerprint density at radius 3 is 2.50 bits per heavy atom. The van der Waals surface area contributed by atoms with E-state index in [0.29, 0.717) is 5.52 Å². The molecule has 1 unspecified atom stereocenters. The number of nitrogens with one attached hydrogen (secondary N) is 1. The van der Waals surface area contributed by atoms with E-state index in [2.05, 4.69) is 10.3 Å². The predicted octanol–water partition coefficient (Wildman–Crippen LogP) is 2.79. The number of halogens is 1. The van der Waals surface area contributed by atoms with Gasteiger partial charge in [-0.25, -0.2) is 4.98 Å². The van der Waals surface area contributed by atoms with Crippen molar-refractivity contribution in [1.82, 2.24) is 4.98 Å². The number of nitrogens with zero attached hydrogens (tertiary/aromatic N) is 1. The van der Waals surface area contributed by atoms with E-state index >= 15 is 0 Å². The summed E-state index contributed by atoms with van der Waals surface area (Å²) in [6, 6.07) is 16.6. The van der Waals surface area contributed by atoms with Gasteiger partial charge in [0.05, 0.1) is 23.9 Å². The van der Waals surface area contributed by atoms with Crippen LogP contribution in [0.2, 0.25) is 0 Å². The van der Waals surface area contributed by atoms with Crippen LogP contribution in [-0.4, -0.2) is 39.6 Å². The maximum atomic E-state index is 9.71. The zero-order chi connectivity index (χ0) is 16.2. The lowest BCUT2D eigenvalue weighted by Gasteiger charge is -2.14. The molecule has 126 valence electrons. The number of benzene rings is 2. The molecule has 4 N–H and O–H groups in total. The van der Waals surface area contributed by atoms with Gasteiger partial charge in [-0.1, -0.05) is 30.3 Å². The summed E-state index contributed by atoms with van der Waals surface area (Å²) in [6.45, 7) is -0.0763. The molecule has 1 atom stereocenters. The van der Waals surface area contributed by atoms with Crippen molar-refractivity contribution < 1.29 is 15.3 Å². The number of hydrogen-bond acceptors (Lipinski definition) is 5. The molecule has 6 heteroatoms. The highest BCUT2D eigenvalue weighted by molar-refractivity contribution is 5.94. The molecular weight excluding hydrogens is 328 g/mol. The van der Waals surface area contributed by atoms with Crippen molar-refractivity contribution in [2.75, 3.05) is 18.5 Å². The molecule has 1 aromatic heterocycles. The smallest absolute Gasteiger partial charge is 0.117 e. The van der Waals surface area contributed by atoms with Gasteiger partial charge >= 0.3 is 0 Å². The summed E-state index contributed by atoms with van der Waals surface area (Å²) in [5, 5.41) is 32.2. The van der Waals surface area contributed by atoms with Crippen LogP contribution >= 0.6 is 12.4 Å². The third-order valence-electron chi connectivity index (χ3n) is 3.60. The first-order valence-electron chi connectivity index (χ1n) is 7.39. The fourth-order valence-corrected chi connectivity index (χ4v) is 2.41. The molecule has 0 saturated heterocycles. The molecule has 0 spiro atoms. The number of anilines is 1. The van der Waals surface area contributed by atoms with Crippen LogP contribution in [0.25, 0.3) is 22.2 Å². The van der Waals surface area contributed by atoms with Crippen molar-refractivity contribution in [2.24, 2.45) is 0 Å². The van der Waals surface area contributed by atoms with Crippen LogP contribution in [0, 0.1) is 0 Å². The van der Waals surface area contributed by atoms with Crippen molar-refractivity contribution >= 4 is 29.0 Å². The highest BCUT2D eigenvalue weighted by atomic mass is 35.5. The largest absolute Gasteiger partial charge is 0.508 e. The molecule has 0 aliphatic carbocycles. The summed E-state index contributed by atoms with van der Waals surface area (Å²) in [7, 11) is 0. The molecule has 0 radical (unpaired) electrons. The lowest BCUT2D eigenvalue weighted by Crippen LogP contribution is -2.23. The second-order valence-electron chi connectivity index (χ2n) is 5.34. The molecular formula is C18H19ClN2O3. The molecule has 1 heterocycles. The van der Waals surface area contributed by atoms with Gasteiger partial charge in [-0.05, 0) is 18.2 Å². The Labute approximate surface area is 146 Å². The monoisotopic (exact) mass is 346 g/mol. The Bertz CT molecular complexity index is 812. The molecule has 3 aromatic rings. The first-order valence-corrected chi connectivity index (χ1v) is 7.39. The van der Waals surface area contributed by atoms with Crippen LogP contribution in [0.4, 0.5) is 5.69 Å². The van der Waals surface area contributed by atoms with Gasteiger partial charge in [-0.15, -0.1) is 12.4 Å². The highest BCUT2D eigenvalue weighted by Crippen LogP contribution is 2.30. The van der Waals surface area contributed by atoms with Crippen molar-refractivity contribution in [2.45, 2.75) is 6.10 Å². The molecule has 0 aliphatic rings. The van der Waals surface area contributed by atoms with Gasteiger partial charge in [-0.3, -0.25) is 0 Å². The van der Waals surface area contributed by atoms with Crippen LogP contribution in [0.1, 0.15) is 0 Å². The van der Waals surface area contributed by atoms with Gasteiger partial charge < -0.3 is 20.6 Å². The Kier molecular flexibility index (Phi) is 5.98. The second kappa shape index (κ2) is 7.97. The summed E-state index contributed by atoms with van der Waals surface area (Å²) >= 11 is 0. The van der Waals surface area contributed by atoms with E-state index in [-0.39, 0.29) is 31.3 Å². The molecule has 0 aliphatic heterocycles. The number of fused-ring (bicyclic) bond motifs is 1. The molecule has 24 heavy (non-hydrogen) atoms. The number of aromatic hydroxyl groups is 1. The van der Waals surface area contributed by atoms with E-state index in [1.807, 2.05) is 36.4 Å². The quantitative estimate of drug-likeness (QED) is 0.571. The normalized spacial score (nSPS) is 11.8. The van der Waals surface area contributed by atoms with Crippen molar-refractivity contribution in [3.05, 3.63) is 54.6 Å². The van der Waals surface area contributed by atoms with E-state index in [0.717, 1.165) is 22.3 Å². The van der Waals surface area contributed by atoms with E-state index in [4.69, 9.17) is 5.11 Å². The minimum atomic E-state index is -0.837. The fraction of sp³-hybridized carbons (Fsp3) is 0.167. The van der Waals surface area contributed by atoms with Crippen LogP contribution in [0.5, 0.6) is 5.75 Å². The van der Waals surface area contributed by atoms with Gasteiger partial charge in [-0.2, -0.15) is 0 Å². The van der Waals surface area contributed by atoms with Gasteiger partial charge in [0.2, 0.25) is 0 Å². The van der Waals surface area contributed by atoms with Crippen LogP contribution < -0.4 is 5.32 Å². The second-order valence-corrected chi connectivity index (χ2v) is 5.34. The van der Waals surface area contributed by atoms with E-state index < -0.39 is 6.10 Å². The number of hydrogen-bond donors (Lipinski definition) is 4. The maximum absolute atomic E-state index is 9.71. The number of aliphatic hydroxyl groups is 2. The maximum Gasteiger partial charge on any atom is 0.117 e. The van der Waals surface area contributed by atoms with Gasteiger partial charge in [0, 0.05) is 29.2 Å². The molecule has 0 amide bonds. The van der Waals surface area contributed by atoms with Gasteiger partial charge in [0.25, 0.3) is 0 Å². The summed E-state index contributed by atoms with van der Waals surface area (Å²) in [6.07, 6.45) is -0.837. The highest BCUT2D eigenvalue weighted by Gasteiger charge is 2.10. The Balaban J connectivity index is 0.00000208. The molecule has 3 rings (SSSR count). The molecule has 0 bridgehead atoms. The zero-order valence-corrected chi connectivity index (χ0v) is 13.7. The standard InChI is InChI=1S/C18H18N2O3.ClH/c21-11-14(23)10-19-17-9-16(12-4-2-1-3-5-12)20-18-8-13(22)6-7-15(17)18;/h1-9,14,21-23H,10-11H2,(H,19,20);1H. The lowest BCUT2D eigenvalue weighted by molar-refractivity contribution is 0.105. The Hall–Kier alpha value is -2.34. The first kappa shape index (κ1) is 18.0. The predicted molar refractivity (Wildman–Crippen MR) is 97.7 cm³/mol. The number of aliphatic hydroxyl groups excluding tert-OH is 2. The van der Waals surface area contributed by atoms with Crippen molar-refractivity contribution in [1.29, 1.82) is 0 Å². The van der Waals surface area contributed by atoms with Crippen molar-refractivity contribution in [3.8, 4) is 17.0 Å². The number of pyridine rings is 1. The fourth-order valence-electron chi connectivity index (χ4n) is 2.41. The topological polar surface area (TPSA) is 85.6 Å². The van der Waals surface area contributed by atoms with E-state index in [9.17, 15) is 10.2 Å². The number of rotatable bonds is 5. The van der Waals surface area contributed by atoms with Gasteiger partial charge in [0.1, 0.15) is 5.75 Å². The minimum absolute atomic E-state index is 0. The first-order chi connectivity index (χ1) is 11.2. The van der Waals surface area contributed by atoms with E-state index in [1.54, 1.807) is 18.2 Å². The number of phenols is 1. The SMILES string of the molecule is Cl.OCC(O)CNc1cc(-c2ccccc2)nc2cc(O)ccc12. The molecule has 2 aromatic carbocycles. The van der Waals surface area contributed by atoms with Crippen LogP contribution in [-0.2, 0) is 0 Å². The lowest BCUT2D eigenvalue weighted by atomic mass is 10.1. The molecule has 5 nitrogen and oxygen atoms in total. The molecule has 0 saturated carbocycles. The average molecular weight is 347 g/mol. The third kappa shape index (κ3) is 3.94. The van der Waals surface area contributed by atoms with Crippen molar-refractivity contribution in [3.63, 3.8) is 0 Å². The summed E-state index contributed by atoms with van der Waals surface area (Å²) in [4.78, 5) is 4.60. The number of phenolic OH excluding ortho intramolecular Hbond substituents is 1. The van der Waals surface area contributed by atoms with Crippen LogP contribution in [0.3, 0.4) is 0 Å².